The van der Waals surface area contributed by atoms with Crippen molar-refractivity contribution in [3.05, 3.63) is 40.3 Å². The Bertz CT molecular complexity index is 992. The van der Waals surface area contributed by atoms with Crippen molar-refractivity contribution in [3.8, 4) is 0 Å². The Morgan fingerprint density at radius 3 is 2.57 bits per heavy atom. The standard InChI is InChI=1S/C20H24N4O4S2/c1-12-10-16-18(30-12)19(27)24(8-9-28-3)20(23-16)29-11-17(26)22-15-6-4-14(5-7-15)21-13(2)25/h4-7,12H,8-11H2,1-3H3,(H,21,25)(H,22,26). The summed E-state index contributed by atoms with van der Waals surface area (Å²) in [5, 5.41) is 6.34. The quantitative estimate of drug-likeness (QED) is 0.473. The lowest BCUT2D eigenvalue weighted by molar-refractivity contribution is -0.114. The van der Waals surface area contributed by atoms with Gasteiger partial charge < -0.3 is 15.4 Å². The Labute approximate surface area is 183 Å². The maximum absolute atomic E-state index is 12.9. The van der Waals surface area contributed by atoms with Crippen LogP contribution in [-0.4, -0.2) is 46.1 Å². The van der Waals surface area contributed by atoms with Crippen molar-refractivity contribution in [1.29, 1.82) is 0 Å². The molecule has 8 nitrogen and oxygen atoms in total. The molecule has 10 heteroatoms. The molecular weight excluding hydrogens is 424 g/mol. The van der Waals surface area contributed by atoms with Crippen molar-refractivity contribution in [3.63, 3.8) is 0 Å². The van der Waals surface area contributed by atoms with Gasteiger partial charge in [-0.2, -0.15) is 0 Å². The zero-order chi connectivity index (χ0) is 21.7. The lowest BCUT2D eigenvalue weighted by Gasteiger charge is -2.13. The zero-order valence-electron chi connectivity index (χ0n) is 17.1. The first-order valence-electron chi connectivity index (χ1n) is 9.47. The molecule has 3 rings (SSSR count). The molecule has 0 aliphatic carbocycles. The Morgan fingerprint density at radius 1 is 1.27 bits per heavy atom. The van der Waals surface area contributed by atoms with Gasteiger partial charge in [0.05, 0.1) is 29.5 Å². The molecule has 2 amide bonds. The number of methoxy groups -OCH3 is 1. The summed E-state index contributed by atoms with van der Waals surface area (Å²) >= 11 is 2.79. The molecular formula is C20H24N4O4S2. The van der Waals surface area contributed by atoms with E-state index in [1.807, 2.05) is 0 Å². The van der Waals surface area contributed by atoms with Gasteiger partial charge in [0.25, 0.3) is 5.56 Å². The number of thioether (sulfide) groups is 2. The topological polar surface area (TPSA) is 102 Å². The molecule has 0 radical (unpaired) electrons. The van der Waals surface area contributed by atoms with Crippen molar-refractivity contribution in [1.82, 2.24) is 9.55 Å². The van der Waals surface area contributed by atoms with Crippen LogP contribution >= 0.6 is 23.5 Å². The van der Waals surface area contributed by atoms with E-state index in [4.69, 9.17) is 4.74 Å². The second kappa shape index (κ2) is 10.1. The normalized spacial score (nSPS) is 15.0. The second-order valence-corrected chi connectivity index (χ2v) is 9.24. The van der Waals surface area contributed by atoms with Crippen LogP contribution in [0.15, 0.2) is 39.1 Å². The fourth-order valence-electron chi connectivity index (χ4n) is 2.99. The van der Waals surface area contributed by atoms with Crippen LogP contribution < -0.4 is 16.2 Å². The number of amides is 2. The molecule has 2 aromatic rings. The molecule has 2 heterocycles. The number of hydrogen-bond acceptors (Lipinski definition) is 7. The smallest absolute Gasteiger partial charge is 0.268 e. The average Bonchev–Trinajstić information content (AvgIpc) is 3.07. The Morgan fingerprint density at radius 2 is 1.93 bits per heavy atom. The number of carbonyl (C=O) groups excluding carboxylic acids is 2. The van der Waals surface area contributed by atoms with E-state index in [1.54, 1.807) is 47.7 Å². The third-order valence-corrected chi connectivity index (χ3v) is 6.49. The molecule has 1 aliphatic heterocycles. The van der Waals surface area contributed by atoms with E-state index in [0.717, 1.165) is 12.1 Å². The highest BCUT2D eigenvalue weighted by Gasteiger charge is 2.26. The maximum Gasteiger partial charge on any atom is 0.268 e. The minimum Gasteiger partial charge on any atom is -0.383 e. The van der Waals surface area contributed by atoms with Gasteiger partial charge in [-0.1, -0.05) is 18.7 Å². The fraction of sp³-hybridized carbons (Fsp3) is 0.400. The Kier molecular flexibility index (Phi) is 7.57. The summed E-state index contributed by atoms with van der Waals surface area (Å²) in [7, 11) is 1.58. The van der Waals surface area contributed by atoms with Gasteiger partial charge >= 0.3 is 0 Å². The third kappa shape index (κ3) is 5.65. The summed E-state index contributed by atoms with van der Waals surface area (Å²) in [5.41, 5.74) is 2.02. The zero-order valence-corrected chi connectivity index (χ0v) is 18.7. The van der Waals surface area contributed by atoms with Crippen molar-refractivity contribution < 1.29 is 14.3 Å². The van der Waals surface area contributed by atoms with E-state index in [2.05, 4.69) is 22.5 Å². The Balaban J connectivity index is 1.68. The number of ether oxygens (including phenoxy) is 1. The lowest BCUT2D eigenvalue weighted by atomic mass is 10.2. The molecule has 1 atom stereocenters. The molecule has 0 saturated heterocycles. The maximum atomic E-state index is 12.9. The number of hydrogen-bond donors (Lipinski definition) is 2. The number of fused-ring (bicyclic) bond motifs is 1. The summed E-state index contributed by atoms with van der Waals surface area (Å²) in [6, 6.07) is 6.87. The van der Waals surface area contributed by atoms with Crippen molar-refractivity contribution in [2.75, 3.05) is 30.1 Å². The molecule has 30 heavy (non-hydrogen) atoms. The number of carbonyl (C=O) groups is 2. The van der Waals surface area contributed by atoms with Gasteiger partial charge in [0.2, 0.25) is 11.8 Å². The van der Waals surface area contributed by atoms with Crippen LogP contribution in [0, 0.1) is 0 Å². The van der Waals surface area contributed by atoms with Crippen LogP contribution in [-0.2, 0) is 27.3 Å². The van der Waals surface area contributed by atoms with Gasteiger partial charge in [0.1, 0.15) is 0 Å². The first kappa shape index (κ1) is 22.4. The van der Waals surface area contributed by atoms with Crippen LogP contribution in [0.4, 0.5) is 11.4 Å². The van der Waals surface area contributed by atoms with Gasteiger partial charge in [-0.25, -0.2) is 4.98 Å². The van der Waals surface area contributed by atoms with Gasteiger partial charge in [0, 0.05) is 37.1 Å². The summed E-state index contributed by atoms with van der Waals surface area (Å²) < 4.78 is 6.72. The summed E-state index contributed by atoms with van der Waals surface area (Å²) in [5.74, 6) is -0.241. The minimum absolute atomic E-state index is 0.0668. The minimum atomic E-state index is -0.206. The van der Waals surface area contributed by atoms with Crippen LogP contribution in [0.25, 0.3) is 0 Å². The van der Waals surface area contributed by atoms with Gasteiger partial charge in [-0.3, -0.25) is 19.0 Å². The number of benzene rings is 1. The van der Waals surface area contributed by atoms with E-state index < -0.39 is 0 Å². The highest BCUT2D eigenvalue weighted by atomic mass is 32.2. The molecule has 2 N–H and O–H groups in total. The van der Waals surface area contributed by atoms with Gasteiger partial charge in [0.15, 0.2) is 5.16 Å². The first-order valence-corrected chi connectivity index (χ1v) is 11.3. The number of nitrogens with zero attached hydrogens (tertiary/aromatic N) is 2. The van der Waals surface area contributed by atoms with Crippen molar-refractivity contribution in [2.45, 2.75) is 42.1 Å². The van der Waals surface area contributed by atoms with Crippen LogP contribution in [0.5, 0.6) is 0 Å². The second-order valence-electron chi connectivity index (χ2n) is 6.85. The highest BCUT2D eigenvalue weighted by Crippen LogP contribution is 2.34. The molecule has 0 saturated carbocycles. The van der Waals surface area contributed by atoms with Crippen LogP contribution in [0.2, 0.25) is 0 Å². The third-order valence-electron chi connectivity index (χ3n) is 4.30. The molecule has 1 aliphatic rings. The van der Waals surface area contributed by atoms with E-state index in [-0.39, 0.29) is 23.1 Å². The monoisotopic (exact) mass is 448 g/mol. The van der Waals surface area contributed by atoms with E-state index in [9.17, 15) is 14.4 Å². The predicted octanol–water partition coefficient (Wildman–Crippen LogP) is 2.62. The molecule has 0 fully saturated rings. The summed E-state index contributed by atoms with van der Waals surface area (Å²) in [6.45, 7) is 4.29. The SMILES string of the molecule is COCCn1c(SCC(=O)Nc2ccc(NC(C)=O)cc2)nc2c(c1=O)SC(C)C2. The molecule has 0 spiro atoms. The number of aromatic nitrogens is 2. The summed E-state index contributed by atoms with van der Waals surface area (Å²) in [4.78, 5) is 41.7. The van der Waals surface area contributed by atoms with Gasteiger partial charge in [-0.05, 0) is 24.3 Å². The predicted molar refractivity (Wildman–Crippen MR) is 119 cm³/mol. The Hall–Kier alpha value is -2.30. The molecule has 1 aromatic heterocycles. The van der Waals surface area contributed by atoms with Crippen LogP contribution in [0.3, 0.4) is 0 Å². The first-order chi connectivity index (χ1) is 14.4. The average molecular weight is 449 g/mol. The number of nitrogens with one attached hydrogen (secondary N) is 2. The van der Waals surface area contributed by atoms with E-state index >= 15 is 0 Å². The van der Waals surface area contributed by atoms with E-state index in [0.29, 0.717) is 39.8 Å². The molecule has 1 aromatic carbocycles. The lowest BCUT2D eigenvalue weighted by Crippen LogP contribution is -2.27. The summed E-state index contributed by atoms with van der Waals surface area (Å²) in [6.07, 6.45) is 0.751. The van der Waals surface area contributed by atoms with Gasteiger partial charge in [-0.15, -0.1) is 11.8 Å². The number of rotatable bonds is 8. The van der Waals surface area contributed by atoms with Crippen molar-refractivity contribution >= 4 is 46.7 Å². The molecule has 0 bridgehead atoms. The molecule has 160 valence electrons. The largest absolute Gasteiger partial charge is 0.383 e. The number of anilines is 2. The molecule has 1 unspecified atom stereocenters. The fourth-order valence-corrected chi connectivity index (χ4v) is 4.95. The highest BCUT2D eigenvalue weighted by molar-refractivity contribution is 8.00. The van der Waals surface area contributed by atoms with Crippen LogP contribution in [0.1, 0.15) is 19.5 Å². The van der Waals surface area contributed by atoms with E-state index in [1.165, 1.54) is 18.7 Å². The van der Waals surface area contributed by atoms with Crippen molar-refractivity contribution in [2.24, 2.45) is 0 Å².